The van der Waals surface area contributed by atoms with Crippen LogP contribution in [0.1, 0.15) is 11.1 Å². The number of aryl methyl sites for hydroxylation is 2. The van der Waals surface area contributed by atoms with E-state index in [4.69, 9.17) is 8.85 Å². The van der Waals surface area contributed by atoms with Gasteiger partial charge in [0.2, 0.25) is 0 Å². The molecule has 3 rings (SSSR count). The third-order valence-electron chi connectivity index (χ3n) is 3.90. The van der Waals surface area contributed by atoms with E-state index >= 15 is 0 Å². The lowest BCUT2D eigenvalue weighted by Gasteiger charge is -2.29. The minimum Gasteiger partial charge on any atom is -0.509 e. The van der Waals surface area contributed by atoms with Gasteiger partial charge in [-0.2, -0.15) is 0 Å². The summed E-state index contributed by atoms with van der Waals surface area (Å²) in [5.74, 6) is 1.70. The first kappa shape index (κ1) is 16.3. The van der Waals surface area contributed by atoms with Gasteiger partial charge in [-0.3, -0.25) is 0 Å². The molecule has 0 saturated heterocycles. The van der Waals surface area contributed by atoms with Gasteiger partial charge in [0.15, 0.2) is 0 Å². The third-order valence-corrected chi connectivity index (χ3v) is 6.53. The van der Waals surface area contributed by atoms with Crippen LogP contribution < -0.4 is 14.0 Å². The summed E-state index contributed by atoms with van der Waals surface area (Å²) in [4.78, 5) is 0. The highest BCUT2D eigenvalue weighted by molar-refractivity contribution is 6.81. The van der Waals surface area contributed by atoms with Crippen LogP contribution in [0.5, 0.6) is 11.5 Å². The SMILES string of the molecule is Cc1cccc(O[Si](C)(Oc2cccc(C)c2)c2ccccc2)c1. The summed E-state index contributed by atoms with van der Waals surface area (Å²) in [6, 6.07) is 26.5. The van der Waals surface area contributed by atoms with E-state index < -0.39 is 8.56 Å². The molecule has 0 atom stereocenters. The molecule has 0 amide bonds. The molecular weight excluding hydrogens is 312 g/mol. The van der Waals surface area contributed by atoms with Gasteiger partial charge in [0.1, 0.15) is 11.5 Å². The van der Waals surface area contributed by atoms with Gasteiger partial charge in [-0.05, 0) is 49.2 Å². The largest absolute Gasteiger partial charge is 0.509 e. The van der Waals surface area contributed by atoms with Gasteiger partial charge in [0.25, 0.3) is 0 Å². The maximum absolute atomic E-state index is 6.43. The van der Waals surface area contributed by atoms with Crippen molar-refractivity contribution in [3.8, 4) is 11.5 Å². The van der Waals surface area contributed by atoms with Crippen LogP contribution in [0.4, 0.5) is 0 Å². The Balaban J connectivity index is 1.97. The predicted octanol–water partition coefficient (Wildman–Crippen LogP) is 4.74. The van der Waals surface area contributed by atoms with Crippen molar-refractivity contribution in [3.63, 3.8) is 0 Å². The van der Waals surface area contributed by atoms with Crippen molar-refractivity contribution >= 4 is 13.7 Å². The van der Waals surface area contributed by atoms with Crippen molar-refractivity contribution < 1.29 is 8.85 Å². The average molecular weight is 334 g/mol. The highest BCUT2D eigenvalue weighted by atomic mass is 28.4. The molecule has 0 aliphatic rings. The van der Waals surface area contributed by atoms with Gasteiger partial charge in [-0.1, -0.05) is 54.6 Å². The normalized spacial score (nSPS) is 11.1. The summed E-state index contributed by atoms with van der Waals surface area (Å²) in [6.45, 7) is 6.22. The predicted molar refractivity (Wildman–Crippen MR) is 101 cm³/mol. The molecule has 0 aliphatic carbocycles. The molecule has 3 aromatic carbocycles. The molecule has 0 aliphatic heterocycles. The summed E-state index contributed by atoms with van der Waals surface area (Å²) in [5.41, 5.74) is 2.35. The first-order valence-corrected chi connectivity index (χ1v) is 10.4. The molecule has 3 aromatic rings. The Bertz CT molecular complexity index is 767. The molecule has 2 nitrogen and oxygen atoms in total. The number of hydrogen-bond donors (Lipinski definition) is 0. The summed E-state index contributed by atoms with van der Waals surface area (Å²) in [5, 5.41) is 1.10. The minimum atomic E-state index is -2.65. The number of hydrogen-bond acceptors (Lipinski definition) is 2. The Hall–Kier alpha value is -2.52. The van der Waals surface area contributed by atoms with E-state index in [0.717, 1.165) is 16.7 Å². The maximum Gasteiger partial charge on any atom is 0.492 e. The molecule has 0 unspecified atom stereocenters. The molecule has 0 aromatic heterocycles. The molecule has 122 valence electrons. The standard InChI is InChI=1S/C21H22O2Si/c1-17-9-7-11-19(15-17)22-24(3,21-13-5-4-6-14-21)23-20-12-8-10-18(2)16-20/h4-16H,1-3H3. The highest BCUT2D eigenvalue weighted by Gasteiger charge is 2.39. The molecule has 24 heavy (non-hydrogen) atoms. The molecule has 0 heterocycles. The smallest absolute Gasteiger partial charge is 0.492 e. The van der Waals surface area contributed by atoms with E-state index in [9.17, 15) is 0 Å². The fraction of sp³-hybridized carbons (Fsp3) is 0.143. The van der Waals surface area contributed by atoms with E-state index in [2.05, 4.69) is 44.7 Å². The van der Waals surface area contributed by atoms with Gasteiger partial charge in [0, 0.05) is 11.7 Å². The van der Waals surface area contributed by atoms with Gasteiger partial charge < -0.3 is 8.85 Å². The van der Waals surface area contributed by atoms with Crippen molar-refractivity contribution in [2.45, 2.75) is 20.4 Å². The van der Waals surface area contributed by atoms with E-state index in [-0.39, 0.29) is 0 Å². The Morgan fingerprint density at radius 1 is 0.625 bits per heavy atom. The second-order valence-corrected chi connectivity index (χ2v) is 9.03. The van der Waals surface area contributed by atoms with Crippen LogP contribution in [0.2, 0.25) is 6.55 Å². The second kappa shape index (κ2) is 6.93. The topological polar surface area (TPSA) is 18.5 Å². The average Bonchev–Trinajstić information content (AvgIpc) is 2.55. The van der Waals surface area contributed by atoms with Crippen LogP contribution in [0, 0.1) is 13.8 Å². The van der Waals surface area contributed by atoms with E-state index in [1.54, 1.807) is 0 Å². The molecule has 0 spiro atoms. The molecule has 0 bridgehead atoms. The van der Waals surface area contributed by atoms with Gasteiger partial charge in [0.05, 0.1) is 0 Å². The van der Waals surface area contributed by atoms with Crippen molar-refractivity contribution in [2.75, 3.05) is 0 Å². The van der Waals surface area contributed by atoms with Crippen LogP contribution >= 0.6 is 0 Å². The maximum atomic E-state index is 6.43. The summed E-state index contributed by atoms with van der Waals surface area (Å²) in [7, 11) is -2.65. The summed E-state index contributed by atoms with van der Waals surface area (Å²) in [6.07, 6.45) is 0. The van der Waals surface area contributed by atoms with Crippen LogP contribution in [0.3, 0.4) is 0 Å². The van der Waals surface area contributed by atoms with Gasteiger partial charge in [-0.15, -0.1) is 0 Å². The van der Waals surface area contributed by atoms with Crippen molar-refractivity contribution in [2.24, 2.45) is 0 Å². The monoisotopic (exact) mass is 334 g/mol. The fourth-order valence-corrected chi connectivity index (χ4v) is 4.92. The number of rotatable bonds is 5. The summed E-state index contributed by atoms with van der Waals surface area (Å²) < 4.78 is 12.9. The first-order valence-electron chi connectivity index (χ1n) is 8.12. The zero-order chi connectivity index (χ0) is 17.0. The van der Waals surface area contributed by atoms with E-state index in [0.29, 0.717) is 0 Å². The Morgan fingerprint density at radius 2 is 1.12 bits per heavy atom. The summed E-state index contributed by atoms with van der Waals surface area (Å²) >= 11 is 0. The van der Waals surface area contributed by atoms with Crippen molar-refractivity contribution in [1.29, 1.82) is 0 Å². The first-order chi connectivity index (χ1) is 11.5. The number of benzene rings is 3. The van der Waals surface area contributed by atoms with E-state index in [1.807, 2.05) is 54.6 Å². The molecule has 0 N–H and O–H groups in total. The molecule has 0 saturated carbocycles. The fourth-order valence-electron chi connectivity index (χ4n) is 2.69. The quantitative estimate of drug-likeness (QED) is 0.627. The third kappa shape index (κ3) is 3.87. The highest BCUT2D eigenvalue weighted by Crippen LogP contribution is 2.22. The van der Waals surface area contributed by atoms with Crippen molar-refractivity contribution in [1.82, 2.24) is 0 Å². The molecule has 0 radical (unpaired) electrons. The van der Waals surface area contributed by atoms with Crippen LogP contribution in [-0.4, -0.2) is 8.56 Å². The van der Waals surface area contributed by atoms with Gasteiger partial charge >= 0.3 is 8.56 Å². The van der Waals surface area contributed by atoms with Gasteiger partial charge in [-0.25, -0.2) is 0 Å². The second-order valence-electron chi connectivity index (χ2n) is 6.15. The minimum absolute atomic E-state index is 0.848. The Morgan fingerprint density at radius 3 is 1.58 bits per heavy atom. The zero-order valence-corrected chi connectivity index (χ0v) is 15.3. The van der Waals surface area contributed by atoms with E-state index in [1.165, 1.54) is 11.1 Å². The van der Waals surface area contributed by atoms with Crippen LogP contribution in [0.25, 0.3) is 0 Å². The molecular formula is C21H22O2Si. The lowest BCUT2D eigenvalue weighted by atomic mass is 10.2. The van der Waals surface area contributed by atoms with Crippen molar-refractivity contribution in [3.05, 3.63) is 90.0 Å². The Kier molecular flexibility index (Phi) is 4.72. The Labute approximate surface area is 144 Å². The van der Waals surface area contributed by atoms with Crippen LogP contribution in [0.15, 0.2) is 78.9 Å². The zero-order valence-electron chi connectivity index (χ0n) is 14.3. The molecule has 3 heteroatoms. The lowest BCUT2D eigenvalue weighted by molar-refractivity contribution is 0.408. The van der Waals surface area contributed by atoms with Crippen LogP contribution in [-0.2, 0) is 0 Å². The molecule has 0 fully saturated rings. The lowest BCUT2D eigenvalue weighted by Crippen LogP contribution is -2.56.